The first-order valence-corrected chi connectivity index (χ1v) is 6.34. The van der Waals surface area contributed by atoms with Crippen LogP contribution < -0.4 is 5.32 Å². The molecular formula is C16H15N3. The molecule has 0 spiro atoms. The summed E-state index contributed by atoms with van der Waals surface area (Å²) in [6.07, 6.45) is 5.45. The van der Waals surface area contributed by atoms with Gasteiger partial charge in [0.05, 0.1) is 5.52 Å². The second-order valence-corrected chi connectivity index (χ2v) is 4.56. The first-order valence-electron chi connectivity index (χ1n) is 6.34. The van der Waals surface area contributed by atoms with Crippen LogP contribution in [0.5, 0.6) is 0 Å². The fourth-order valence-corrected chi connectivity index (χ4v) is 2.15. The summed E-state index contributed by atoms with van der Waals surface area (Å²) in [5.41, 5.74) is 3.34. The highest BCUT2D eigenvalue weighted by Crippen LogP contribution is 2.22. The molecule has 3 rings (SSSR count). The number of hydrogen-bond acceptors (Lipinski definition) is 3. The zero-order valence-corrected chi connectivity index (χ0v) is 10.7. The fourth-order valence-electron chi connectivity index (χ4n) is 2.15. The zero-order chi connectivity index (χ0) is 13.1. The second-order valence-electron chi connectivity index (χ2n) is 4.56. The molecule has 3 heteroatoms. The first-order chi connectivity index (χ1) is 9.33. The number of pyridine rings is 2. The van der Waals surface area contributed by atoms with Crippen molar-refractivity contribution in [3.05, 3.63) is 66.6 Å². The smallest absolute Gasteiger partial charge is 0.0703 e. The number of hydrogen-bond donors (Lipinski definition) is 1. The Morgan fingerprint density at radius 1 is 1.00 bits per heavy atom. The standard InChI is InChI=1S/C16H15N3/c1-12(13-6-9-17-10-7-13)19-15-4-5-16-14(11-15)3-2-8-18-16/h2-12,19H,1H3. The van der Waals surface area contributed by atoms with E-state index >= 15 is 0 Å². The Labute approximate surface area is 112 Å². The summed E-state index contributed by atoms with van der Waals surface area (Å²) in [4.78, 5) is 8.36. The summed E-state index contributed by atoms with van der Waals surface area (Å²) < 4.78 is 0. The third-order valence-corrected chi connectivity index (χ3v) is 3.19. The highest BCUT2D eigenvalue weighted by atomic mass is 14.9. The Morgan fingerprint density at radius 3 is 2.68 bits per heavy atom. The van der Waals surface area contributed by atoms with Crippen molar-refractivity contribution in [1.29, 1.82) is 0 Å². The molecule has 3 nitrogen and oxygen atoms in total. The molecule has 0 bridgehead atoms. The van der Waals surface area contributed by atoms with Gasteiger partial charge < -0.3 is 5.32 Å². The van der Waals surface area contributed by atoms with Gasteiger partial charge in [0, 0.05) is 35.7 Å². The number of benzene rings is 1. The van der Waals surface area contributed by atoms with E-state index in [0.717, 1.165) is 16.6 Å². The molecule has 0 aliphatic heterocycles. The third kappa shape index (κ3) is 2.55. The molecular weight excluding hydrogens is 234 g/mol. The van der Waals surface area contributed by atoms with Crippen LogP contribution in [-0.2, 0) is 0 Å². The molecule has 1 N–H and O–H groups in total. The van der Waals surface area contributed by atoms with Gasteiger partial charge in [-0.1, -0.05) is 6.07 Å². The van der Waals surface area contributed by atoms with Crippen LogP contribution in [0.2, 0.25) is 0 Å². The predicted molar refractivity (Wildman–Crippen MR) is 78.0 cm³/mol. The minimum Gasteiger partial charge on any atom is -0.379 e. The maximum absolute atomic E-state index is 4.32. The van der Waals surface area contributed by atoms with Crippen LogP contribution in [0, 0.1) is 0 Å². The van der Waals surface area contributed by atoms with E-state index in [1.54, 1.807) is 0 Å². The Morgan fingerprint density at radius 2 is 1.84 bits per heavy atom. The molecule has 0 saturated heterocycles. The summed E-state index contributed by atoms with van der Waals surface area (Å²) in [6, 6.07) is 14.6. The van der Waals surface area contributed by atoms with E-state index in [9.17, 15) is 0 Å². The van der Waals surface area contributed by atoms with Crippen LogP contribution in [0.4, 0.5) is 5.69 Å². The molecule has 0 saturated carbocycles. The van der Waals surface area contributed by atoms with Crippen LogP contribution in [0.15, 0.2) is 61.1 Å². The van der Waals surface area contributed by atoms with Gasteiger partial charge in [0.25, 0.3) is 0 Å². The van der Waals surface area contributed by atoms with Crippen LogP contribution in [0.1, 0.15) is 18.5 Å². The average Bonchev–Trinajstić information content (AvgIpc) is 2.48. The zero-order valence-electron chi connectivity index (χ0n) is 10.7. The van der Waals surface area contributed by atoms with Crippen molar-refractivity contribution < 1.29 is 0 Å². The molecule has 1 aromatic carbocycles. The predicted octanol–water partition coefficient (Wildman–Crippen LogP) is 3.80. The van der Waals surface area contributed by atoms with E-state index in [4.69, 9.17) is 0 Å². The molecule has 3 aromatic rings. The van der Waals surface area contributed by atoms with Gasteiger partial charge in [0.1, 0.15) is 0 Å². The average molecular weight is 249 g/mol. The lowest BCUT2D eigenvalue weighted by Gasteiger charge is -2.15. The molecule has 1 atom stereocenters. The monoisotopic (exact) mass is 249 g/mol. The molecule has 1 unspecified atom stereocenters. The largest absolute Gasteiger partial charge is 0.379 e. The van der Waals surface area contributed by atoms with Crippen molar-refractivity contribution in [2.24, 2.45) is 0 Å². The lowest BCUT2D eigenvalue weighted by molar-refractivity contribution is 0.881. The topological polar surface area (TPSA) is 37.8 Å². The number of rotatable bonds is 3. The van der Waals surface area contributed by atoms with Crippen LogP contribution in [0.25, 0.3) is 10.9 Å². The quantitative estimate of drug-likeness (QED) is 0.767. The molecule has 0 aliphatic rings. The minimum absolute atomic E-state index is 0.247. The number of aromatic nitrogens is 2. The van der Waals surface area contributed by atoms with Gasteiger partial charge in [-0.2, -0.15) is 0 Å². The Balaban J connectivity index is 1.85. The molecule has 0 amide bonds. The van der Waals surface area contributed by atoms with Crippen LogP contribution >= 0.6 is 0 Å². The van der Waals surface area contributed by atoms with Gasteiger partial charge in [-0.15, -0.1) is 0 Å². The number of nitrogens with zero attached hydrogens (tertiary/aromatic N) is 2. The molecule has 0 fully saturated rings. The van der Waals surface area contributed by atoms with Gasteiger partial charge in [-0.3, -0.25) is 9.97 Å². The van der Waals surface area contributed by atoms with Gasteiger partial charge in [0.2, 0.25) is 0 Å². The van der Waals surface area contributed by atoms with Crippen LogP contribution in [-0.4, -0.2) is 9.97 Å². The van der Waals surface area contributed by atoms with E-state index in [1.165, 1.54) is 5.56 Å². The molecule has 0 aliphatic carbocycles. The minimum atomic E-state index is 0.247. The van der Waals surface area contributed by atoms with Crippen molar-refractivity contribution in [2.75, 3.05) is 5.32 Å². The highest BCUT2D eigenvalue weighted by molar-refractivity contribution is 5.82. The van der Waals surface area contributed by atoms with Crippen molar-refractivity contribution in [2.45, 2.75) is 13.0 Å². The van der Waals surface area contributed by atoms with E-state index in [1.807, 2.05) is 42.9 Å². The fraction of sp³-hybridized carbons (Fsp3) is 0.125. The van der Waals surface area contributed by atoms with Gasteiger partial charge in [-0.25, -0.2) is 0 Å². The van der Waals surface area contributed by atoms with E-state index in [2.05, 4.69) is 40.4 Å². The van der Waals surface area contributed by atoms with E-state index in [-0.39, 0.29) is 6.04 Å². The summed E-state index contributed by atoms with van der Waals surface area (Å²) in [5.74, 6) is 0. The summed E-state index contributed by atoms with van der Waals surface area (Å²) in [7, 11) is 0. The van der Waals surface area contributed by atoms with Crippen molar-refractivity contribution in [3.63, 3.8) is 0 Å². The SMILES string of the molecule is CC(Nc1ccc2ncccc2c1)c1ccncc1. The number of nitrogens with one attached hydrogen (secondary N) is 1. The first kappa shape index (κ1) is 11.7. The van der Waals surface area contributed by atoms with Crippen LogP contribution in [0.3, 0.4) is 0 Å². The highest BCUT2D eigenvalue weighted by Gasteiger charge is 2.05. The summed E-state index contributed by atoms with van der Waals surface area (Å²) in [5, 5.41) is 4.64. The molecule has 0 radical (unpaired) electrons. The van der Waals surface area contributed by atoms with E-state index < -0.39 is 0 Å². The second kappa shape index (κ2) is 5.06. The summed E-state index contributed by atoms with van der Waals surface area (Å²) >= 11 is 0. The van der Waals surface area contributed by atoms with Crippen molar-refractivity contribution in [3.8, 4) is 0 Å². The lowest BCUT2D eigenvalue weighted by Crippen LogP contribution is -2.06. The van der Waals surface area contributed by atoms with E-state index in [0.29, 0.717) is 0 Å². The normalized spacial score (nSPS) is 12.3. The Kier molecular flexibility index (Phi) is 3.11. The Hall–Kier alpha value is -2.42. The van der Waals surface area contributed by atoms with Gasteiger partial charge in [0.15, 0.2) is 0 Å². The van der Waals surface area contributed by atoms with Crippen molar-refractivity contribution in [1.82, 2.24) is 9.97 Å². The maximum Gasteiger partial charge on any atom is 0.0703 e. The number of fused-ring (bicyclic) bond motifs is 1. The maximum atomic E-state index is 4.32. The van der Waals surface area contributed by atoms with Gasteiger partial charge in [-0.05, 0) is 48.9 Å². The molecule has 2 aromatic heterocycles. The Bertz CT molecular complexity index is 680. The summed E-state index contributed by atoms with van der Waals surface area (Å²) in [6.45, 7) is 2.14. The molecule has 2 heterocycles. The number of anilines is 1. The molecule has 19 heavy (non-hydrogen) atoms. The third-order valence-electron chi connectivity index (χ3n) is 3.19. The molecule has 94 valence electrons. The van der Waals surface area contributed by atoms with Gasteiger partial charge >= 0.3 is 0 Å². The van der Waals surface area contributed by atoms with Crippen molar-refractivity contribution >= 4 is 16.6 Å². The lowest BCUT2D eigenvalue weighted by atomic mass is 10.1.